The predicted octanol–water partition coefficient (Wildman–Crippen LogP) is 4.51. The van der Waals surface area contributed by atoms with Crippen molar-refractivity contribution in [3.8, 4) is 0 Å². The van der Waals surface area contributed by atoms with Crippen LogP contribution in [0.1, 0.15) is 38.8 Å². The number of rotatable bonds is 4. The largest absolute Gasteiger partial charge is 0.325 e. The average Bonchev–Trinajstić information content (AvgIpc) is 3.24. The van der Waals surface area contributed by atoms with Crippen LogP contribution >= 0.6 is 11.3 Å². The van der Waals surface area contributed by atoms with Gasteiger partial charge >= 0.3 is 0 Å². The number of halogens is 1. The van der Waals surface area contributed by atoms with Crippen LogP contribution in [-0.2, 0) is 11.2 Å². The van der Waals surface area contributed by atoms with E-state index in [1.54, 1.807) is 0 Å². The Hall–Kier alpha value is -3.06. The van der Waals surface area contributed by atoms with Crippen molar-refractivity contribution in [3.63, 3.8) is 0 Å². The van der Waals surface area contributed by atoms with Crippen LogP contribution in [0, 0.1) is 12.7 Å². The summed E-state index contributed by atoms with van der Waals surface area (Å²) in [4.78, 5) is 30.6. The molecule has 0 spiro atoms. The summed E-state index contributed by atoms with van der Waals surface area (Å²) in [5.41, 5.74) is 2.87. The third-order valence-corrected chi connectivity index (χ3v) is 5.81. The zero-order chi connectivity index (χ0) is 19.7. The van der Waals surface area contributed by atoms with Gasteiger partial charge in [-0.2, -0.15) is 0 Å². The molecule has 1 atom stereocenters. The van der Waals surface area contributed by atoms with Gasteiger partial charge in [-0.15, -0.1) is 11.3 Å². The quantitative estimate of drug-likeness (QED) is 0.683. The number of benzene rings is 2. The lowest BCUT2D eigenvalue weighted by Crippen LogP contribution is -2.20. The summed E-state index contributed by atoms with van der Waals surface area (Å²) in [6.07, 6.45) is 1.46. The second kappa shape index (κ2) is 7.52. The van der Waals surface area contributed by atoms with Crippen molar-refractivity contribution < 1.29 is 14.0 Å². The molecule has 1 heterocycles. The Bertz CT molecular complexity index is 1050. The monoisotopic (exact) mass is 395 g/mol. The lowest BCUT2D eigenvalue weighted by atomic mass is 10.1. The Morgan fingerprint density at radius 1 is 1.11 bits per heavy atom. The first-order valence-electron chi connectivity index (χ1n) is 8.94. The summed E-state index contributed by atoms with van der Waals surface area (Å²) in [5.74, 6) is -1.17. The number of aryl methyl sites for hydroxylation is 2. The van der Waals surface area contributed by atoms with Crippen LogP contribution in [0.5, 0.6) is 0 Å². The summed E-state index contributed by atoms with van der Waals surface area (Å²) in [6.45, 7) is 1.95. The number of anilines is 2. The molecule has 0 radical (unpaired) electrons. The van der Waals surface area contributed by atoms with Gasteiger partial charge in [0.05, 0.1) is 11.6 Å². The summed E-state index contributed by atoms with van der Waals surface area (Å²) < 4.78 is 13.0. The molecular formula is C21H18FN3O2S. The molecule has 1 aliphatic carbocycles. The van der Waals surface area contributed by atoms with Crippen LogP contribution in [0.25, 0.3) is 0 Å². The first kappa shape index (κ1) is 18.3. The maximum Gasteiger partial charge on any atom is 0.257 e. The summed E-state index contributed by atoms with van der Waals surface area (Å²) >= 11 is 1.38. The minimum absolute atomic E-state index is 0.0882. The maximum absolute atomic E-state index is 13.0. The molecule has 3 aromatic rings. The number of para-hydroxylation sites is 1. The van der Waals surface area contributed by atoms with Crippen LogP contribution < -0.4 is 10.6 Å². The van der Waals surface area contributed by atoms with Crippen molar-refractivity contribution >= 4 is 34.0 Å². The summed E-state index contributed by atoms with van der Waals surface area (Å²) in [7, 11) is 0. The number of aromatic nitrogens is 1. The average molecular weight is 395 g/mol. The van der Waals surface area contributed by atoms with Gasteiger partial charge < -0.3 is 5.32 Å². The second-order valence-electron chi connectivity index (χ2n) is 6.68. The highest BCUT2D eigenvalue weighted by Gasteiger charge is 2.33. The highest BCUT2D eigenvalue weighted by molar-refractivity contribution is 7.16. The number of nitrogens with zero attached hydrogens (tertiary/aromatic N) is 1. The minimum atomic E-state index is -0.396. The second-order valence-corrected chi connectivity index (χ2v) is 7.77. The predicted molar refractivity (Wildman–Crippen MR) is 107 cm³/mol. The number of amides is 2. The van der Waals surface area contributed by atoms with Gasteiger partial charge in [0.15, 0.2) is 5.13 Å². The van der Waals surface area contributed by atoms with Gasteiger partial charge in [0.2, 0.25) is 5.91 Å². The normalized spacial score (nSPS) is 15.1. The molecule has 0 saturated heterocycles. The van der Waals surface area contributed by atoms with E-state index in [2.05, 4.69) is 15.6 Å². The van der Waals surface area contributed by atoms with Gasteiger partial charge in [-0.25, -0.2) is 9.37 Å². The molecule has 1 aromatic heterocycles. The highest BCUT2D eigenvalue weighted by atomic mass is 32.1. The molecule has 1 unspecified atom stereocenters. The number of thiazole rings is 1. The van der Waals surface area contributed by atoms with Crippen molar-refractivity contribution in [2.75, 3.05) is 10.6 Å². The summed E-state index contributed by atoms with van der Waals surface area (Å²) in [5, 5.41) is 6.17. The van der Waals surface area contributed by atoms with Gasteiger partial charge in [-0.05, 0) is 55.7 Å². The van der Waals surface area contributed by atoms with Crippen LogP contribution in [0.2, 0.25) is 0 Å². The number of nitrogens with one attached hydrogen (secondary N) is 2. The Labute approximate surface area is 165 Å². The number of carbonyl (C=O) groups excluding carboxylic acids is 2. The Morgan fingerprint density at radius 3 is 2.61 bits per heavy atom. The maximum atomic E-state index is 13.0. The Balaban J connectivity index is 1.48. The van der Waals surface area contributed by atoms with E-state index in [1.165, 1.54) is 35.6 Å². The van der Waals surface area contributed by atoms with Crippen molar-refractivity contribution in [1.82, 2.24) is 4.98 Å². The third kappa shape index (κ3) is 3.66. The molecule has 0 fully saturated rings. The number of fused-ring (bicyclic) bond motifs is 1. The molecule has 1 aliphatic rings. The molecule has 2 amide bonds. The van der Waals surface area contributed by atoms with E-state index in [-0.39, 0.29) is 17.7 Å². The standard InChI is InChI=1S/C21H18FN3O2S/c1-12-4-2-3-5-16(12)23-20(27)15-10-11-17-18(15)24-21(28-17)25-19(26)13-6-8-14(22)9-7-13/h2-9,15H,10-11H2,1H3,(H,23,27)(H,24,25,26). The molecule has 7 heteroatoms. The molecule has 0 aliphatic heterocycles. The van der Waals surface area contributed by atoms with E-state index in [0.717, 1.165) is 28.2 Å². The SMILES string of the molecule is Cc1ccccc1NC(=O)C1CCc2sc(NC(=O)c3ccc(F)cc3)nc21. The minimum Gasteiger partial charge on any atom is -0.325 e. The van der Waals surface area contributed by atoms with E-state index in [4.69, 9.17) is 0 Å². The fourth-order valence-corrected chi connectivity index (χ4v) is 4.27. The molecule has 2 N–H and O–H groups in total. The zero-order valence-corrected chi connectivity index (χ0v) is 16.0. The number of carbonyl (C=O) groups is 2. The Morgan fingerprint density at radius 2 is 1.86 bits per heavy atom. The van der Waals surface area contributed by atoms with E-state index >= 15 is 0 Å². The van der Waals surface area contributed by atoms with Crippen molar-refractivity contribution in [3.05, 3.63) is 76.0 Å². The van der Waals surface area contributed by atoms with E-state index in [0.29, 0.717) is 17.1 Å². The molecule has 2 aromatic carbocycles. The van der Waals surface area contributed by atoms with E-state index in [9.17, 15) is 14.0 Å². The van der Waals surface area contributed by atoms with Gasteiger partial charge in [0, 0.05) is 16.1 Å². The molecule has 4 rings (SSSR count). The van der Waals surface area contributed by atoms with Gasteiger partial charge in [-0.3, -0.25) is 14.9 Å². The number of hydrogen-bond donors (Lipinski definition) is 2. The molecule has 0 saturated carbocycles. The van der Waals surface area contributed by atoms with E-state index in [1.807, 2.05) is 31.2 Å². The first-order chi connectivity index (χ1) is 13.5. The molecule has 5 nitrogen and oxygen atoms in total. The topological polar surface area (TPSA) is 71.1 Å². The lowest BCUT2D eigenvalue weighted by Gasteiger charge is -2.12. The van der Waals surface area contributed by atoms with Gasteiger partial charge in [0.25, 0.3) is 5.91 Å². The fraction of sp³-hybridized carbons (Fsp3) is 0.190. The first-order valence-corrected chi connectivity index (χ1v) is 9.76. The molecule has 142 valence electrons. The fourth-order valence-electron chi connectivity index (χ4n) is 3.24. The van der Waals surface area contributed by atoms with Crippen LogP contribution in [0.3, 0.4) is 0 Å². The smallest absolute Gasteiger partial charge is 0.257 e. The van der Waals surface area contributed by atoms with Gasteiger partial charge in [0.1, 0.15) is 5.82 Å². The summed E-state index contributed by atoms with van der Waals surface area (Å²) in [6, 6.07) is 12.9. The highest BCUT2D eigenvalue weighted by Crippen LogP contribution is 2.39. The van der Waals surface area contributed by atoms with E-state index < -0.39 is 5.82 Å². The zero-order valence-electron chi connectivity index (χ0n) is 15.2. The lowest BCUT2D eigenvalue weighted by molar-refractivity contribution is -0.117. The van der Waals surface area contributed by atoms with Crippen molar-refractivity contribution in [1.29, 1.82) is 0 Å². The van der Waals surface area contributed by atoms with Crippen molar-refractivity contribution in [2.24, 2.45) is 0 Å². The van der Waals surface area contributed by atoms with Crippen LogP contribution in [0.4, 0.5) is 15.2 Å². The van der Waals surface area contributed by atoms with Crippen molar-refractivity contribution in [2.45, 2.75) is 25.7 Å². The number of hydrogen-bond acceptors (Lipinski definition) is 4. The van der Waals surface area contributed by atoms with Gasteiger partial charge in [-0.1, -0.05) is 18.2 Å². The molecular weight excluding hydrogens is 377 g/mol. The van der Waals surface area contributed by atoms with Crippen LogP contribution in [0.15, 0.2) is 48.5 Å². The third-order valence-electron chi connectivity index (χ3n) is 4.76. The molecule has 0 bridgehead atoms. The van der Waals surface area contributed by atoms with Crippen LogP contribution in [-0.4, -0.2) is 16.8 Å². The Kier molecular flexibility index (Phi) is 4.92. The molecule has 28 heavy (non-hydrogen) atoms.